The third kappa shape index (κ3) is 6.60. The molecule has 0 heterocycles. The molecule has 0 saturated carbocycles. The average Bonchev–Trinajstić information content (AvgIpc) is 2.43. The molecule has 1 aromatic rings. The van der Waals surface area contributed by atoms with Gasteiger partial charge in [-0.2, -0.15) is 0 Å². The topological polar surface area (TPSA) is 64.6 Å². The van der Waals surface area contributed by atoms with Crippen molar-refractivity contribution in [3.05, 3.63) is 35.9 Å². The molecule has 21 heavy (non-hydrogen) atoms. The summed E-state index contributed by atoms with van der Waals surface area (Å²) in [4.78, 5) is 14.2. The molecular formula is C16H27N3O2. The van der Waals surface area contributed by atoms with Gasteiger partial charge in [0.2, 0.25) is 0 Å². The fourth-order valence-corrected chi connectivity index (χ4v) is 1.94. The number of aliphatic hydroxyl groups excluding tert-OH is 1. The molecule has 0 aliphatic carbocycles. The molecule has 5 nitrogen and oxygen atoms in total. The second kappa shape index (κ2) is 8.00. The highest BCUT2D eigenvalue weighted by molar-refractivity contribution is 5.75. The molecule has 0 fully saturated rings. The van der Waals surface area contributed by atoms with Crippen molar-refractivity contribution in [1.82, 2.24) is 15.5 Å². The SMILES string of the molecule is CN(C)CCC(NC(=O)NC(C)(C)CO)c1ccccc1. The van der Waals surface area contributed by atoms with E-state index < -0.39 is 5.54 Å². The first-order valence-corrected chi connectivity index (χ1v) is 7.23. The Bertz CT molecular complexity index is 432. The zero-order valence-corrected chi connectivity index (χ0v) is 13.4. The van der Waals surface area contributed by atoms with Crippen molar-refractivity contribution in [3.8, 4) is 0 Å². The fourth-order valence-electron chi connectivity index (χ4n) is 1.94. The maximum Gasteiger partial charge on any atom is 0.315 e. The molecule has 0 bridgehead atoms. The summed E-state index contributed by atoms with van der Waals surface area (Å²) < 4.78 is 0. The van der Waals surface area contributed by atoms with Gasteiger partial charge in [-0.3, -0.25) is 0 Å². The number of carbonyl (C=O) groups excluding carboxylic acids is 1. The van der Waals surface area contributed by atoms with Crippen LogP contribution in [0.15, 0.2) is 30.3 Å². The second-order valence-electron chi connectivity index (χ2n) is 6.20. The number of hydrogen-bond acceptors (Lipinski definition) is 3. The Morgan fingerprint density at radius 1 is 1.29 bits per heavy atom. The normalized spacial score (nSPS) is 13.0. The predicted octanol–water partition coefficient (Wildman–Crippen LogP) is 1.75. The van der Waals surface area contributed by atoms with Crippen LogP contribution in [0.1, 0.15) is 31.9 Å². The van der Waals surface area contributed by atoms with Crippen molar-refractivity contribution in [2.24, 2.45) is 0 Å². The van der Waals surface area contributed by atoms with Crippen molar-refractivity contribution < 1.29 is 9.90 Å². The van der Waals surface area contributed by atoms with Crippen molar-refractivity contribution in [3.63, 3.8) is 0 Å². The molecule has 3 N–H and O–H groups in total. The smallest absolute Gasteiger partial charge is 0.315 e. The molecule has 0 aliphatic rings. The predicted molar refractivity (Wildman–Crippen MR) is 85.2 cm³/mol. The van der Waals surface area contributed by atoms with Crippen LogP contribution in [-0.4, -0.2) is 48.8 Å². The number of aliphatic hydroxyl groups is 1. The molecule has 0 spiro atoms. The first-order chi connectivity index (χ1) is 9.84. The molecule has 5 heteroatoms. The minimum absolute atomic E-state index is 0.0527. The molecule has 1 aromatic carbocycles. The molecule has 0 radical (unpaired) electrons. The van der Waals surface area contributed by atoms with Crippen LogP contribution < -0.4 is 10.6 Å². The largest absolute Gasteiger partial charge is 0.394 e. The van der Waals surface area contributed by atoms with Crippen LogP contribution >= 0.6 is 0 Å². The second-order valence-corrected chi connectivity index (χ2v) is 6.20. The van der Waals surface area contributed by atoms with E-state index >= 15 is 0 Å². The highest BCUT2D eigenvalue weighted by Gasteiger charge is 2.21. The van der Waals surface area contributed by atoms with E-state index in [1.807, 2.05) is 44.4 Å². The lowest BCUT2D eigenvalue weighted by Gasteiger charge is -2.27. The monoisotopic (exact) mass is 293 g/mol. The van der Waals surface area contributed by atoms with Gasteiger partial charge in [-0.05, 0) is 46.5 Å². The van der Waals surface area contributed by atoms with E-state index in [-0.39, 0.29) is 18.7 Å². The Balaban J connectivity index is 2.71. The number of nitrogens with zero attached hydrogens (tertiary/aromatic N) is 1. The number of rotatable bonds is 7. The van der Waals surface area contributed by atoms with Gasteiger partial charge < -0.3 is 20.6 Å². The summed E-state index contributed by atoms with van der Waals surface area (Å²) in [6.07, 6.45) is 0.823. The van der Waals surface area contributed by atoms with Crippen molar-refractivity contribution in [2.75, 3.05) is 27.2 Å². The zero-order chi connectivity index (χ0) is 15.9. The van der Waals surface area contributed by atoms with Gasteiger partial charge in [0.25, 0.3) is 0 Å². The highest BCUT2D eigenvalue weighted by atomic mass is 16.3. The average molecular weight is 293 g/mol. The molecule has 118 valence electrons. The lowest BCUT2D eigenvalue weighted by atomic mass is 10.0. The van der Waals surface area contributed by atoms with E-state index in [1.54, 1.807) is 13.8 Å². The van der Waals surface area contributed by atoms with E-state index in [0.717, 1.165) is 18.5 Å². The first-order valence-electron chi connectivity index (χ1n) is 7.23. The van der Waals surface area contributed by atoms with Crippen molar-refractivity contribution in [2.45, 2.75) is 31.8 Å². The third-order valence-electron chi connectivity index (χ3n) is 3.22. The quantitative estimate of drug-likeness (QED) is 0.717. The van der Waals surface area contributed by atoms with E-state index in [0.29, 0.717) is 0 Å². The number of hydrogen-bond donors (Lipinski definition) is 3. The third-order valence-corrected chi connectivity index (χ3v) is 3.22. The standard InChI is InChI=1S/C16H27N3O2/c1-16(2,12-20)18-15(21)17-14(10-11-19(3)4)13-8-6-5-7-9-13/h5-9,14,20H,10-12H2,1-4H3,(H2,17,18,21). The van der Waals surface area contributed by atoms with Gasteiger partial charge in [-0.15, -0.1) is 0 Å². The van der Waals surface area contributed by atoms with Crippen LogP contribution in [0.25, 0.3) is 0 Å². The minimum atomic E-state index is -0.632. The molecule has 0 aliphatic heterocycles. The molecule has 1 atom stereocenters. The maximum atomic E-state index is 12.1. The van der Waals surface area contributed by atoms with Crippen LogP contribution in [0.5, 0.6) is 0 Å². The fraction of sp³-hybridized carbons (Fsp3) is 0.562. The first kappa shape index (κ1) is 17.5. The molecule has 1 rings (SSSR count). The van der Waals surface area contributed by atoms with Crippen LogP contribution in [-0.2, 0) is 0 Å². The number of benzene rings is 1. The molecular weight excluding hydrogens is 266 g/mol. The Kier molecular flexibility index (Phi) is 6.65. The summed E-state index contributed by atoms with van der Waals surface area (Å²) in [5.41, 5.74) is 0.448. The van der Waals surface area contributed by atoms with E-state index in [2.05, 4.69) is 15.5 Å². The van der Waals surface area contributed by atoms with E-state index in [1.165, 1.54) is 0 Å². The van der Waals surface area contributed by atoms with E-state index in [4.69, 9.17) is 0 Å². The summed E-state index contributed by atoms with van der Waals surface area (Å²) in [5, 5.41) is 15.0. The summed E-state index contributed by atoms with van der Waals surface area (Å²) >= 11 is 0. The lowest BCUT2D eigenvalue weighted by molar-refractivity contribution is 0.179. The number of urea groups is 1. The Labute approximate surface area is 127 Å². The summed E-state index contributed by atoms with van der Waals surface area (Å²) in [7, 11) is 4.02. The van der Waals surface area contributed by atoms with Crippen LogP contribution in [0, 0.1) is 0 Å². The highest BCUT2D eigenvalue weighted by Crippen LogP contribution is 2.16. The van der Waals surface area contributed by atoms with Gasteiger partial charge in [-0.25, -0.2) is 4.79 Å². The van der Waals surface area contributed by atoms with Crippen molar-refractivity contribution >= 4 is 6.03 Å². The van der Waals surface area contributed by atoms with Gasteiger partial charge in [0.15, 0.2) is 0 Å². The zero-order valence-electron chi connectivity index (χ0n) is 13.4. The number of amides is 2. The molecule has 0 aromatic heterocycles. The number of nitrogens with one attached hydrogen (secondary N) is 2. The Morgan fingerprint density at radius 2 is 1.90 bits per heavy atom. The summed E-state index contributed by atoms with van der Waals surface area (Å²) in [5.74, 6) is 0. The minimum Gasteiger partial charge on any atom is -0.394 e. The van der Waals surface area contributed by atoms with Gasteiger partial charge in [0.05, 0.1) is 18.2 Å². The van der Waals surface area contributed by atoms with Crippen LogP contribution in [0.3, 0.4) is 0 Å². The maximum absolute atomic E-state index is 12.1. The molecule has 1 unspecified atom stereocenters. The number of carbonyl (C=O) groups is 1. The summed E-state index contributed by atoms with van der Waals surface area (Å²) in [6.45, 7) is 4.34. The molecule has 2 amide bonds. The van der Waals surface area contributed by atoms with Gasteiger partial charge in [0.1, 0.15) is 0 Å². The lowest BCUT2D eigenvalue weighted by Crippen LogP contribution is -2.51. The molecule has 0 saturated heterocycles. The van der Waals surface area contributed by atoms with Crippen molar-refractivity contribution in [1.29, 1.82) is 0 Å². The Hall–Kier alpha value is -1.59. The van der Waals surface area contributed by atoms with Crippen LogP contribution in [0.4, 0.5) is 4.79 Å². The van der Waals surface area contributed by atoms with Gasteiger partial charge in [0, 0.05) is 0 Å². The Morgan fingerprint density at radius 3 is 2.43 bits per heavy atom. The van der Waals surface area contributed by atoms with Gasteiger partial charge >= 0.3 is 6.03 Å². The van der Waals surface area contributed by atoms with E-state index in [9.17, 15) is 9.90 Å². The van der Waals surface area contributed by atoms with Crippen LogP contribution in [0.2, 0.25) is 0 Å². The summed E-state index contributed by atoms with van der Waals surface area (Å²) in [6, 6.07) is 9.60. The van der Waals surface area contributed by atoms with Gasteiger partial charge in [-0.1, -0.05) is 30.3 Å².